The van der Waals surface area contributed by atoms with Crippen LogP contribution in [0.4, 0.5) is 0 Å². The zero-order chi connectivity index (χ0) is 15.3. The van der Waals surface area contributed by atoms with Crippen LogP contribution in [0.25, 0.3) is 0 Å². The predicted molar refractivity (Wildman–Crippen MR) is 87.1 cm³/mol. The van der Waals surface area contributed by atoms with E-state index in [-0.39, 0.29) is 11.7 Å². The number of unbranched alkanes of at least 4 members (excludes halogenated alkanes) is 6. The van der Waals surface area contributed by atoms with Crippen molar-refractivity contribution in [2.45, 2.75) is 58.4 Å². The maximum Gasteiger partial charge on any atom is 0.243 e. The molecule has 1 aromatic carbocycles. The largest absolute Gasteiger partial charge is 0.508 e. The summed E-state index contributed by atoms with van der Waals surface area (Å²) in [5.41, 5.74) is 0.977. The van der Waals surface area contributed by atoms with Crippen molar-refractivity contribution in [3.63, 3.8) is 0 Å². The molecule has 1 aromatic rings. The van der Waals surface area contributed by atoms with Crippen molar-refractivity contribution in [2.24, 2.45) is 0 Å². The Labute approximate surface area is 128 Å². The summed E-state index contributed by atoms with van der Waals surface area (Å²) >= 11 is 0. The number of amides is 1. The molecule has 0 aliphatic carbocycles. The monoisotopic (exact) mass is 289 g/mol. The number of phenolic OH excluding ortho intramolecular Hbond substituents is 1. The molecule has 0 radical (unpaired) electrons. The van der Waals surface area contributed by atoms with Gasteiger partial charge in [0, 0.05) is 6.54 Å². The lowest BCUT2D eigenvalue weighted by molar-refractivity contribution is -0.116. The Morgan fingerprint density at radius 1 is 1.10 bits per heavy atom. The maximum atomic E-state index is 11.6. The summed E-state index contributed by atoms with van der Waals surface area (Å²) in [6.45, 7) is 2.71. The SMILES string of the molecule is CCCCCCCC/C=C/C(=O)NCc1ccc(O)cc1. The molecule has 0 bridgehead atoms. The van der Waals surface area contributed by atoms with E-state index in [1.807, 2.05) is 6.08 Å². The molecule has 0 spiro atoms. The molecule has 21 heavy (non-hydrogen) atoms. The van der Waals surface area contributed by atoms with E-state index in [4.69, 9.17) is 0 Å². The van der Waals surface area contributed by atoms with Crippen LogP contribution in [0.15, 0.2) is 36.4 Å². The van der Waals surface area contributed by atoms with Crippen LogP contribution in [0, 0.1) is 0 Å². The van der Waals surface area contributed by atoms with Gasteiger partial charge in [0.2, 0.25) is 5.91 Å². The number of allylic oxidation sites excluding steroid dienone is 1. The van der Waals surface area contributed by atoms with Crippen molar-refractivity contribution in [1.82, 2.24) is 5.32 Å². The Morgan fingerprint density at radius 3 is 2.48 bits per heavy atom. The summed E-state index contributed by atoms with van der Waals surface area (Å²) in [6.07, 6.45) is 12.2. The van der Waals surface area contributed by atoms with Crippen LogP contribution < -0.4 is 5.32 Å². The van der Waals surface area contributed by atoms with E-state index in [2.05, 4.69) is 12.2 Å². The fraction of sp³-hybridized carbons (Fsp3) is 0.500. The zero-order valence-electron chi connectivity index (χ0n) is 13.0. The Hall–Kier alpha value is -1.77. The molecule has 2 N–H and O–H groups in total. The fourth-order valence-electron chi connectivity index (χ4n) is 2.09. The second-order valence-electron chi connectivity index (χ2n) is 5.34. The third-order valence-electron chi connectivity index (χ3n) is 3.40. The summed E-state index contributed by atoms with van der Waals surface area (Å²) in [5, 5.41) is 12.0. The first-order valence-corrected chi connectivity index (χ1v) is 7.94. The van der Waals surface area contributed by atoms with Gasteiger partial charge in [-0.15, -0.1) is 0 Å². The van der Waals surface area contributed by atoms with Crippen LogP contribution in [0.2, 0.25) is 0 Å². The van der Waals surface area contributed by atoms with Gasteiger partial charge in [0.25, 0.3) is 0 Å². The molecule has 116 valence electrons. The summed E-state index contributed by atoms with van der Waals surface area (Å²) in [7, 11) is 0. The molecule has 0 aliphatic heterocycles. The number of aromatic hydroxyl groups is 1. The first kappa shape index (κ1) is 17.3. The van der Waals surface area contributed by atoms with Crippen molar-refractivity contribution in [3.8, 4) is 5.75 Å². The highest BCUT2D eigenvalue weighted by Crippen LogP contribution is 2.09. The highest BCUT2D eigenvalue weighted by atomic mass is 16.3. The van der Waals surface area contributed by atoms with Gasteiger partial charge in [-0.05, 0) is 36.6 Å². The van der Waals surface area contributed by atoms with E-state index in [0.717, 1.165) is 18.4 Å². The lowest BCUT2D eigenvalue weighted by Crippen LogP contribution is -2.20. The van der Waals surface area contributed by atoms with Crippen LogP contribution in [-0.2, 0) is 11.3 Å². The van der Waals surface area contributed by atoms with Gasteiger partial charge >= 0.3 is 0 Å². The minimum Gasteiger partial charge on any atom is -0.508 e. The quantitative estimate of drug-likeness (QED) is 0.498. The predicted octanol–water partition coefficient (Wildman–Crippen LogP) is 4.32. The van der Waals surface area contributed by atoms with Crippen LogP contribution >= 0.6 is 0 Å². The molecule has 0 fully saturated rings. The van der Waals surface area contributed by atoms with E-state index >= 15 is 0 Å². The molecule has 3 nitrogen and oxygen atoms in total. The third kappa shape index (κ3) is 8.90. The van der Waals surface area contributed by atoms with Crippen LogP contribution in [0.5, 0.6) is 5.75 Å². The van der Waals surface area contributed by atoms with E-state index in [0.29, 0.717) is 6.54 Å². The van der Waals surface area contributed by atoms with Crippen molar-refractivity contribution in [3.05, 3.63) is 42.0 Å². The number of carbonyl (C=O) groups excluding carboxylic acids is 1. The lowest BCUT2D eigenvalue weighted by Gasteiger charge is -2.02. The number of hydrogen-bond donors (Lipinski definition) is 2. The molecule has 0 heterocycles. The third-order valence-corrected chi connectivity index (χ3v) is 3.40. The Balaban J connectivity index is 2.07. The summed E-state index contributed by atoms with van der Waals surface area (Å²) in [4.78, 5) is 11.6. The number of hydrogen-bond acceptors (Lipinski definition) is 2. The van der Waals surface area contributed by atoms with Gasteiger partial charge in [-0.25, -0.2) is 0 Å². The Kier molecular flexibility index (Phi) is 9.01. The summed E-state index contributed by atoms with van der Waals surface area (Å²) in [5.74, 6) is 0.179. The van der Waals surface area contributed by atoms with Gasteiger partial charge in [0.15, 0.2) is 0 Å². The molecule has 0 atom stereocenters. The zero-order valence-corrected chi connectivity index (χ0v) is 13.0. The van der Waals surface area contributed by atoms with Crippen LogP contribution in [-0.4, -0.2) is 11.0 Å². The number of carbonyl (C=O) groups is 1. The first-order chi connectivity index (χ1) is 10.2. The minimum absolute atomic E-state index is 0.0611. The molecule has 1 rings (SSSR count). The first-order valence-electron chi connectivity index (χ1n) is 7.94. The summed E-state index contributed by atoms with van der Waals surface area (Å²) in [6, 6.07) is 6.84. The molecular formula is C18H27NO2. The van der Waals surface area contributed by atoms with Crippen LogP contribution in [0.1, 0.15) is 57.4 Å². The molecule has 1 amide bonds. The van der Waals surface area contributed by atoms with Gasteiger partial charge in [-0.2, -0.15) is 0 Å². The van der Waals surface area contributed by atoms with Gasteiger partial charge in [-0.3, -0.25) is 4.79 Å². The smallest absolute Gasteiger partial charge is 0.243 e. The molecule has 0 aromatic heterocycles. The highest BCUT2D eigenvalue weighted by molar-refractivity contribution is 5.87. The van der Waals surface area contributed by atoms with E-state index in [1.165, 1.54) is 32.1 Å². The van der Waals surface area contributed by atoms with Crippen molar-refractivity contribution in [2.75, 3.05) is 0 Å². The standard InChI is InChI=1S/C18H27NO2/c1-2-3-4-5-6-7-8-9-10-18(21)19-15-16-11-13-17(20)14-12-16/h9-14,20H,2-8,15H2,1H3,(H,19,21)/b10-9+. The molecule has 0 aliphatic rings. The summed E-state index contributed by atoms with van der Waals surface area (Å²) < 4.78 is 0. The van der Waals surface area contributed by atoms with Crippen molar-refractivity contribution >= 4 is 5.91 Å². The van der Waals surface area contributed by atoms with Crippen molar-refractivity contribution < 1.29 is 9.90 Å². The molecule has 0 unspecified atom stereocenters. The average Bonchev–Trinajstić information content (AvgIpc) is 2.49. The second kappa shape index (κ2) is 11.0. The molecule has 0 saturated heterocycles. The average molecular weight is 289 g/mol. The maximum absolute atomic E-state index is 11.6. The van der Waals surface area contributed by atoms with E-state index < -0.39 is 0 Å². The molecule has 0 saturated carbocycles. The molecule has 3 heteroatoms. The van der Waals surface area contributed by atoms with Gasteiger partial charge in [-0.1, -0.05) is 57.2 Å². The molecular weight excluding hydrogens is 262 g/mol. The Bertz CT molecular complexity index is 423. The van der Waals surface area contributed by atoms with Gasteiger partial charge in [0.05, 0.1) is 0 Å². The van der Waals surface area contributed by atoms with E-state index in [1.54, 1.807) is 30.3 Å². The van der Waals surface area contributed by atoms with E-state index in [9.17, 15) is 9.90 Å². The normalized spacial score (nSPS) is 10.9. The Morgan fingerprint density at radius 2 is 1.76 bits per heavy atom. The lowest BCUT2D eigenvalue weighted by atomic mass is 10.1. The highest BCUT2D eigenvalue weighted by Gasteiger charge is 1.97. The minimum atomic E-state index is -0.0611. The number of phenols is 1. The van der Waals surface area contributed by atoms with Gasteiger partial charge < -0.3 is 10.4 Å². The van der Waals surface area contributed by atoms with Crippen LogP contribution in [0.3, 0.4) is 0 Å². The van der Waals surface area contributed by atoms with Crippen molar-refractivity contribution in [1.29, 1.82) is 0 Å². The number of nitrogens with one attached hydrogen (secondary N) is 1. The number of rotatable bonds is 10. The van der Waals surface area contributed by atoms with Gasteiger partial charge in [0.1, 0.15) is 5.75 Å². The second-order valence-corrected chi connectivity index (χ2v) is 5.34. The fourth-order valence-corrected chi connectivity index (χ4v) is 2.09. The number of benzene rings is 1. The topological polar surface area (TPSA) is 49.3 Å².